The van der Waals surface area contributed by atoms with E-state index in [1.54, 1.807) is 19.9 Å². The fourth-order valence-electron chi connectivity index (χ4n) is 2.89. The molecule has 3 rings (SSSR count). The zero-order chi connectivity index (χ0) is 18.8. The first-order valence-corrected chi connectivity index (χ1v) is 7.84. The molecule has 0 spiro atoms. The Labute approximate surface area is 148 Å². The van der Waals surface area contributed by atoms with Gasteiger partial charge in [0.2, 0.25) is 5.95 Å². The number of carbonyl (C=O) groups excluding carboxylic acids is 1. The molecule has 0 amide bonds. The van der Waals surface area contributed by atoms with Crippen molar-refractivity contribution in [2.24, 2.45) is 0 Å². The normalized spacial score (nSPS) is 15.9. The molecule has 1 aliphatic rings. The van der Waals surface area contributed by atoms with E-state index in [9.17, 15) is 14.9 Å². The van der Waals surface area contributed by atoms with Crippen LogP contribution in [0.4, 0.5) is 11.6 Å². The highest BCUT2D eigenvalue weighted by molar-refractivity contribution is 5.92. The highest BCUT2D eigenvalue weighted by atomic mass is 16.6. The van der Waals surface area contributed by atoms with Crippen molar-refractivity contribution in [3.05, 3.63) is 51.5 Å². The van der Waals surface area contributed by atoms with Crippen molar-refractivity contribution >= 4 is 17.6 Å². The Hall–Kier alpha value is -3.43. The number of rotatable bonds is 5. The summed E-state index contributed by atoms with van der Waals surface area (Å²) in [7, 11) is 1.36. The van der Waals surface area contributed by atoms with Crippen LogP contribution in [0.2, 0.25) is 0 Å². The number of methoxy groups -OCH3 is 1. The van der Waals surface area contributed by atoms with Crippen molar-refractivity contribution in [2.75, 3.05) is 19.0 Å². The first kappa shape index (κ1) is 17.4. The standard InChI is InChI=1S/C16H17N5O5/c1-4-26-15(22)13-9(2)19-16-17-8-18-20(16)14(13)10-5-6-12(25-3)11(7-10)21(23)24/h5-8,14H,4H2,1-3H3,(H,17,18,19)/t14-/m0/s1. The number of ether oxygens (including phenoxy) is 2. The van der Waals surface area contributed by atoms with E-state index >= 15 is 0 Å². The fraction of sp³-hybridized carbons (Fsp3) is 0.312. The SMILES string of the molecule is CCOC(=O)C1=C(C)Nc2ncnn2[C@H]1c1ccc(OC)c([N+](=O)[O-])c1. The maximum absolute atomic E-state index is 12.5. The molecule has 136 valence electrons. The van der Waals surface area contributed by atoms with Crippen LogP contribution in [0.1, 0.15) is 25.5 Å². The van der Waals surface area contributed by atoms with Gasteiger partial charge in [-0.3, -0.25) is 10.1 Å². The lowest BCUT2D eigenvalue weighted by Gasteiger charge is -2.28. The summed E-state index contributed by atoms with van der Waals surface area (Å²) < 4.78 is 11.7. The third-order valence-corrected chi connectivity index (χ3v) is 4.01. The van der Waals surface area contributed by atoms with Crippen LogP contribution in [0, 0.1) is 10.1 Å². The van der Waals surface area contributed by atoms with Gasteiger partial charge in [-0.15, -0.1) is 0 Å². The fourth-order valence-corrected chi connectivity index (χ4v) is 2.89. The second-order valence-corrected chi connectivity index (χ2v) is 5.50. The van der Waals surface area contributed by atoms with E-state index in [2.05, 4.69) is 15.4 Å². The molecule has 0 bridgehead atoms. The second kappa shape index (κ2) is 6.82. The number of nitrogens with zero attached hydrogens (tertiary/aromatic N) is 4. The van der Waals surface area contributed by atoms with Gasteiger partial charge in [-0.1, -0.05) is 6.07 Å². The summed E-state index contributed by atoms with van der Waals surface area (Å²) in [6.07, 6.45) is 1.34. The maximum atomic E-state index is 12.5. The van der Waals surface area contributed by atoms with Gasteiger partial charge < -0.3 is 14.8 Å². The summed E-state index contributed by atoms with van der Waals surface area (Å²) in [5.74, 6) is 0.0334. The largest absolute Gasteiger partial charge is 0.490 e. The summed E-state index contributed by atoms with van der Waals surface area (Å²) in [5.41, 5.74) is 1.15. The minimum Gasteiger partial charge on any atom is -0.490 e. The van der Waals surface area contributed by atoms with E-state index in [0.717, 1.165) is 0 Å². The molecule has 0 aliphatic carbocycles. The summed E-state index contributed by atoms with van der Waals surface area (Å²) >= 11 is 0. The number of aromatic nitrogens is 3. The van der Waals surface area contributed by atoms with Crippen molar-refractivity contribution in [1.82, 2.24) is 14.8 Å². The van der Waals surface area contributed by atoms with Crippen LogP contribution < -0.4 is 10.1 Å². The molecule has 0 radical (unpaired) electrons. The number of benzene rings is 1. The van der Waals surface area contributed by atoms with E-state index in [0.29, 0.717) is 22.8 Å². The van der Waals surface area contributed by atoms with Gasteiger partial charge >= 0.3 is 11.7 Å². The Bertz CT molecular complexity index is 904. The minimum absolute atomic E-state index is 0.130. The van der Waals surface area contributed by atoms with Crippen LogP contribution in [-0.4, -0.2) is 39.4 Å². The van der Waals surface area contributed by atoms with Crippen molar-refractivity contribution in [3.8, 4) is 5.75 Å². The molecule has 0 saturated heterocycles. The first-order valence-electron chi connectivity index (χ1n) is 7.84. The molecule has 0 fully saturated rings. The minimum atomic E-state index is -0.711. The number of carbonyl (C=O) groups is 1. The topological polar surface area (TPSA) is 121 Å². The molecule has 0 saturated carbocycles. The number of hydrogen-bond acceptors (Lipinski definition) is 8. The van der Waals surface area contributed by atoms with Gasteiger partial charge in [-0.25, -0.2) is 9.48 Å². The Kier molecular flexibility index (Phi) is 4.57. The average molecular weight is 359 g/mol. The molecule has 10 nitrogen and oxygen atoms in total. The Morgan fingerprint density at radius 2 is 2.23 bits per heavy atom. The van der Waals surface area contributed by atoms with Gasteiger partial charge in [-0.05, 0) is 25.5 Å². The molecule has 2 heterocycles. The van der Waals surface area contributed by atoms with Gasteiger partial charge in [0, 0.05) is 11.8 Å². The number of anilines is 1. The van der Waals surface area contributed by atoms with Gasteiger partial charge in [0.25, 0.3) is 0 Å². The smallest absolute Gasteiger partial charge is 0.338 e. The third-order valence-electron chi connectivity index (χ3n) is 4.01. The molecular weight excluding hydrogens is 342 g/mol. The third kappa shape index (κ3) is 2.85. The Balaban J connectivity index is 2.18. The van der Waals surface area contributed by atoms with Crippen LogP contribution in [0.3, 0.4) is 0 Å². The molecular formula is C16H17N5O5. The monoisotopic (exact) mass is 359 g/mol. The number of nitro groups is 1. The van der Waals surface area contributed by atoms with Crippen molar-refractivity contribution in [1.29, 1.82) is 0 Å². The van der Waals surface area contributed by atoms with E-state index < -0.39 is 16.9 Å². The van der Waals surface area contributed by atoms with Crippen LogP contribution in [0.25, 0.3) is 0 Å². The molecule has 2 aromatic rings. The molecule has 1 N–H and O–H groups in total. The first-order chi connectivity index (χ1) is 12.5. The van der Waals surface area contributed by atoms with E-state index in [1.807, 2.05) is 0 Å². The molecule has 0 unspecified atom stereocenters. The summed E-state index contributed by atoms with van der Waals surface area (Å²) in [4.78, 5) is 27.5. The molecule has 1 atom stereocenters. The summed E-state index contributed by atoms with van der Waals surface area (Å²) in [5, 5.41) is 18.5. The predicted octanol–water partition coefficient (Wildman–Crippen LogP) is 2.05. The molecule has 1 aromatic heterocycles. The Morgan fingerprint density at radius 1 is 1.46 bits per heavy atom. The van der Waals surface area contributed by atoms with Gasteiger partial charge in [-0.2, -0.15) is 10.1 Å². The molecule has 26 heavy (non-hydrogen) atoms. The summed E-state index contributed by atoms with van der Waals surface area (Å²) in [6, 6.07) is 3.80. The number of nitrogens with one attached hydrogen (secondary N) is 1. The lowest BCUT2D eigenvalue weighted by atomic mass is 9.95. The van der Waals surface area contributed by atoms with Crippen LogP contribution in [-0.2, 0) is 9.53 Å². The zero-order valence-corrected chi connectivity index (χ0v) is 14.4. The second-order valence-electron chi connectivity index (χ2n) is 5.50. The van der Waals surface area contributed by atoms with Crippen molar-refractivity contribution in [3.63, 3.8) is 0 Å². The van der Waals surface area contributed by atoms with Crippen molar-refractivity contribution < 1.29 is 19.2 Å². The van der Waals surface area contributed by atoms with Crippen molar-refractivity contribution in [2.45, 2.75) is 19.9 Å². The van der Waals surface area contributed by atoms with Crippen LogP contribution in [0.15, 0.2) is 35.8 Å². The highest BCUT2D eigenvalue weighted by Gasteiger charge is 2.35. The number of allylic oxidation sites excluding steroid dienone is 1. The van der Waals surface area contributed by atoms with Crippen LogP contribution >= 0.6 is 0 Å². The zero-order valence-electron chi connectivity index (χ0n) is 14.4. The average Bonchev–Trinajstić information content (AvgIpc) is 3.07. The van der Waals surface area contributed by atoms with Gasteiger partial charge in [0.15, 0.2) is 5.75 Å². The predicted molar refractivity (Wildman–Crippen MR) is 90.8 cm³/mol. The lowest BCUT2D eigenvalue weighted by molar-refractivity contribution is -0.385. The van der Waals surface area contributed by atoms with E-state index in [-0.39, 0.29) is 18.0 Å². The lowest BCUT2D eigenvalue weighted by Crippen LogP contribution is -2.29. The molecule has 1 aromatic carbocycles. The van der Waals surface area contributed by atoms with Gasteiger partial charge in [0.05, 0.1) is 24.2 Å². The highest BCUT2D eigenvalue weighted by Crippen LogP contribution is 2.38. The molecule has 1 aliphatic heterocycles. The summed E-state index contributed by atoms with van der Waals surface area (Å²) in [6.45, 7) is 3.63. The quantitative estimate of drug-likeness (QED) is 0.489. The maximum Gasteiger partial charge on any atom is 0.338 e. The van der Waals surface area contributed by atoms with Crippen LogP contribution in [0.5, 0.6) is 5.75 Å². The van der Waals surface area contributed by atoms with Gasteiger partial charge in [0.1, 0.15) is 12.4 Å². The van der Waals surface area contributed by atoms with E-state index in [1.165, 1.54) is 30.3 Å². The molecule has 10 heteroatoms. The number of hydrogen-bond donors (Lipinski definition) is 1. The van der Waals surface area contributed by atoms with E-state index in [4.69, 9.17) is 9.47 Å². The number of fused-ring (bicyclic) bond motifs is 1. The number of esters is 1. The Morgan fingerprint density at radius 3 is 2.88 bits per heavy atom. The number of nitro benzene ring substituents is 1.